The van der Waals surface area contributed by atoms with Crippen molar-refractivity contribution in [1.82, 2.24) is 5.32 Å². The smallest absolute Gasteiger partial charge is 0.408 e. The summed E-state index contributed by atoms with van der Waals surface area (Å²) in [5, 5.41) is 11.8. The van der Waals surface area contributed by atoms with Crippen LogP contribution in [0.15, 0.2) is 51.4 Å². The van der Waals surface area contributed by atoms with Crippen molar-refractivity contribution in [3.05, 3.63) is 68.1 Å². The summed E-state index contributed by atoms with van der Waals surface area (Å²) >= 11 is 6.73. The fourth-order valence-electron chi connectivity index (χ4n) is 2.50. The number of carboxylic acid groups (broad SMARTS) is 1. The molecule has 0 aliphatic rings. The predicted octanol–water partition coefficient (Wildman–Crippen LogP) is 4.96. The molecule has 6 nitrogen and oxygen atoms in total. The lowest BCUT2D eigenvalue weighted by atomic mass is 9.99. The maximum Gasteiger partial charge on any atom is 0.408 e. The van der Waals surface area contributed by atoms with E-state index in [1.165, 1.54) is 0 Å². The number of ether oxygens (including phenoxy) is 1. The van der Waals surface area contributed by atoms with Crippen LogP contribution in [0, 0.1) is 0 Å². The SMILES string of the molecule is CC(C)(C)OC(=O)N[C@@H](Cc1ccc(C(=O)c2cc(Br)ccc2Br)cc1)C(=O)O. The van der Waals surface area contributed by atoms with Gasteiger partial charge < -0.3 is 15.2 Å². The highest BCUT2D eigenvalue weighted by atomic mass is 79.9. The molecule has 0 bridgehead atoms. The van der Waals surface area contributed by atoms with Crippen molar-refractivity contribution < 1.29 is 24.2 Å². The molecular formula is C21H21Br2NO5. The Hall–Kier alpha value is -2.19. The van der Waals surface area contributed by atoms with Crippen LogP contribution in [0.3, 0.4) is 0 Å². The summed E-state index contributed by atoms with van der Waals surface area (Å²) in [4.78, 5) is 36.1. The van der Waals surface area contributed by atoms with E-state index in [0.29, 0.717) is 21.2 Å². The molecule has 0 radical (unpaired) electrons. The molecule has 0 saturated carbocycles. The second-order valence-corrected chi connectivity index (χ2v) is 9.16. The standard InChI is InChI=1S/C21H21Br2NO5/c1-21(2,3)29-20(28)24-17(19(26)27)10-12-4-6-13(7-5-12)18(25)15-11-14(22)8-9-16(15)23/h4-9,11,17H,10H2,1-3H3,(H,24,28)(H,26,27)/t17-/m0/s1. The van der Waals surface area contributed by atoms with Gasteiger partial charge in [-0.1, -0.05) is 56.1 Å². The number of carbonyl (C=O) groups is 3. The lowest BCUT2D eigenvalue weighted by Crippen LogP contribution is -2.44. The first kappa shape index (κ1) is 23.1. The number of nitrogens with one attached hydrogen (secondary N) is 1. The Balaban J connectivity index is 2.12. The fourth-order valence-corrected chi connectivity index (χ4v) is 3.29. The van der Waals surface area contributed by atoms with Gasteiger partial charge >= 0.3 is 12.1 Å². The zero-order chi connectivity index (χ0) is 21.8. The molecule has 2 aromatic rings. The Kier molecular flexibility index (Phi) is 7.60. The van der Waals surface area contributed by atoms with Crippen LogP contribution < -0.4 is 5.32 Å². The van der Waals surface area contributed by atoms with Gasteiger partial charge in [0.2, 0.25) is 0 Å². The first-order valence-corrected chi connectivity index (χ1v) is 10.4. The van der Waals surface area contributed by atoms with Gasteiger partial charge in [-0.25, -0.2) is 9.59 Å². The maximum absolute atomic E-state index is 12.7. The Morgan fingerprint density at radius 3 is 2.24 bits per heavy atom. The molecule has 2 N–H and O–H groups in total. The van der Waals surface area contributed by atoms with Gasteiger partial charge in [0.25, 0.3) is 0 Å². The molecule has 0 aromatic heterocycles. The van der Waals surface area contributed by atoms with Gasteiger partial charge in [0.1, 0.15) is 11.6 Å². The van der Waals surface area contributed by atoms with Crippen molar-refractivity contribution in [2.45, 2.75) is 38.8 Å². The molecule has 8 heteroatoms. The highest BCUT2D eigenvalue weighted by Gasteiger charge is 2.24. The van der Waals surface area contributed by atoms with Crippen LogP contribution in [-0.2, 0) is 16.0 Å². The van der Waals surface area contributed by atoms with E-state index in [1.807, 2.05) is 6.07 Å². The number of carbonyl (C=O) groups excluding carboxylic acids is 2. The van der Waals surface area contributed by atoms with E-state index >= 15 is 0 Å². The van der Waals surface area contributed by atoms with E-state index < -0.39 is 23.7 Å². The summed E-state index contributed by atoms with van der Waals surface area (Å²) in [5.41, 5.74) is 0.926. The van der Waals surface area contributed by atoms with Gasteiger partial charge in [-0.15, -0.1) is 0 Å². The minimum Gasteiger partial charge on any atom is -0.480 e. The third-order valence-corrected chi connectivity index (χ3v) is 5.00. The second-order valence-electron chi connectivity index (χ2n) is 7.39. The largest absolute Gasteiger partial charge is 0.480 e. The lowest BCUT2D eigenvalue weighted by Gasteiger charge is -2.22. The van der Waals surface area contributed by atoms with Gasteiger partial charge in [-0.2, -0.15) is 0 Å². The number of ketones is 1. The molecule has 0 fully saturated rings. The summed E-state index contributed by atoms with van der Waals surface area (Å²) in [6.07, 6.45) is -0.736. The Labute approximate surface area is 185 Å². The Morgan fingerprint density at radius 2 is 1.69 bits per heavy atom. The van der Waals surface area contributed by atoms with E-state index in [9.17, 15) is 19.5 Å². The molecular weight excluding hydrogens is 506 g/mol. The molecule has 0 aliphatic heterocycles. The molecule has 1 atom stereocenters. The minimum atomic E-state index is -1.17. The molecule has 154 valence electrons. The van der Waals surface area contributed by atoms with Crippen molar-refractivity contribution in [3.8, 4) is 0 Å². The quantitative estimate of drug-likeness (QED) is 0.519. The van der Waals surface area contributed by atoms with E-state index in [2.05, 4.69) is 37.2 Å². The topological polar surface area (TPSA) is 92.7 Å². The third kappa shape index (κ3) is 6.97. The van der Waals surface area contributed by atoms with Gasteiger partial charge in [-0.3, -0.25) is 4.79 Å². The van der Waals surface area contributed by atoms with E-state index in [4.69, 9.17) is 4.74 Å². The Morgan fingerprint density at radius 1 is 1.07 bits per heavy atom. The summed E-state index contributed by atoms with van der Waals surface area (Å²) in [7, 11) is 0. The molecule has 0 unspecified atom stereocenters. The maximum atomic E-state index is 12.7. The highest BCUT2D eigenvalue weighted by molar-refractivity contribution is 9.11. The van der Waals surface area contributed by atoms with Crippen LogP contribution in [0.2, 0.25) is 0 Å². The van der Waals surface area contributed by atoms with Gasteiger partial charge in [0, 0.05) is 26.5 Å². The van der Waals surface area contributed by atoms with Crippen LogP contribution in [0.1, 0.15) is 42.3 Å². The normalized spacial score (nSPS) is 12.2. The van der Waals surface area contributed by atoms with E-state index in [-0.39, 0.29) is 12.2 Å². The minimum absolute atomic E-state index is 0.0592. The molecule has 0 aliphatic carbocycles. The molecule has 0 heterocycles. The first-order chi connectivity index (χ1) is 13.5. The lowest BCUT2D eigenvalue weighted by molar-refractivity contribution is -0.139. The van der Waals surface area contributed by atoms with Crippen molar-refractivity contribution in [1.29, 1.82) is 0 Å². The average molecular weight is 527 g/mol. The zero-order valence-corrected chi connectivity index (χ0v) is 19.3. The number of halogens is 2. The third-order valence-electron chi connectivity index (χ3n) is 3.82. The molecule has 0 spiro atoms. The van der Waals surface area contributed by atoms with Crippen molar-refractivity contribution >= 4 is 49.7 Å². The number of benzene rings is 2. The predicted molar refractivity (Wildman–Crippen MR) is 116 cm³/mol. The number of carboxylic acids is 1. The van der Waals surface area contributed by atoms with Crippen molar-refractivity contribution in [3.63, 3.8) is 0 Å². The Bertz CT molecular complexity index is 920. The summed E-state index contributed by atoms with van der Waals surface area (Å²) in [6, 6.07) is 10.8. The summed E-state index contributed by atoms with van der Waals surface area (Å²) in [6.45, 7) is 5.09. The van der Waals surface area contributed by atoms with Gasteiger partial charge in [0.15, 0.2) is 5.78 Å². The zero-order valence-electron chi connectivity index (χ0n) is 16.2. The van der Waals surface area contributed by atoms with Crippen LogP contribution in [-0.4, -0.2) is 34.6 Å². The molecule has 1 amide bonds. The summed E-state index contributed by atoms with van der Waals surface area (Å²) < 4.78 is 6.58. The van der Waals surface area contributed by atoms with Crippen LogP contribution in [0.5, 0.6) is 0 Å². The van der Waals surface area contributed by atoms with Crippen molar-refractivity contribution in [2.24, 2.45) is 0 Å². The fraction of sp³-hybridized carbons (Fsp3) is 0.286. The second kappa shape index (κ2) is 9.54. The van der Waals surface area contributed by atoms with E-state index in [1.54, 1.807) is 57.2 Å². The van der Waals surface area contributed by atoms with Crippen molar-refractivity contribution in [2.75, 3.05) is 0 Å². The van der Waals surface area contributed by atoms with E-state index in [0.717, 1.165) is 4.47 Å². The number of hydrogen-bond acceptors (Lipinski definition) is 4. The number of alkyl carbamates (subject to hydrolysis) is 1. The number of rotatable bonds is 6. The average Bonchev–Trinajstić information content (AvgIpc) is 2.61. The van der Waals surface area contributed by atoms with Gasteiger partial charge in [-0.05, 0) is 44.5 Å². The molecule has 0 saturated heterocycles. The molecule has 2 aromatic carbocycles. The van der Waals surface area contributed by atoms with Crippen LogP contribution in [0.25, 0.3) is 0 Å². The first-order valence-electron chi connectivity index (χ1n) is 8.77. The molecule has 29 heavy (non-hydrogen) atoms. The van der Waals surface area contributed by atoms with Crippen LogP contribution >= 0.6 is 31.9 Å². The van der Waals surface area contributed by atoms with Gasteiger partial charge in [0.05, 0.1) is 0 Å². The number of amides is 1. The monoisotopic (exact) mass is 525 g/mol. The molecule has 2 rings (SSSR count). The number of aliphatic carboxylic acids is 1. The highest BCUT2D eigenvalue weighted by Crippen LogP contribution is 2.24. The van der Waals surface area contributed by atoms with Crippen LogP contribution in [0.4, 0.5) is 4.79 Å². The number of hydrogen-bond donors (Lipinski definition) is 2. The summed E-state index contributed by atoms with van der Waals surface area (Å²) in [5.74, 6) is -1.33.